The molecule has 2 heteroatoms. The topological polar surface area (TPSA) is 15.0 Å². The third-order valence-electron chi connectivity index (χ3n) is 11.4. The van der Waals surface area contributed by atoms with Crippen LogP contribution in [0, 0.1) is 0 Å². The number of rotatable bonds is 6. The largest absolute Gasteiger partial charge is 0.289 e. The van der Waals surface area contributed by atoms with Gasteiger partial charge >= 0.3 is 0 Å². The predicted molar refractivity (Wildman–Crippen MR) is 221 cm³/mol. The fourth-order valence-corrected chi connectivity index (χ4v) is 8.62. The molecule has 1 atom stereocenters. The van der Waals surface area contributed by atoms with Crippen LogP contribution in [0.3, 0.4) is 0 Å². The van der Waals surface area contributed by atoms with Crippen molar-refractivity contribution >= 4 is 22.3 Å². The fraction of sp³-hybridized carbons (Fsp3) is 0.0784. The van der Waals surface area contributed by atoms with E-state index in [4.69, 9.17) is 0 Å². The van der Waals surface area contributed by atoms with Crippen molar-refractivity contribution in [3.63, 3.8) is 0 Å². The van der Waals surface area contributed by atoms with Gasteiger partial charge in [0.15, 0.2) is 0 Å². The molecule has 252 valence electrons. The van der Waals surface area contributed by atoms with Crippen LogP contribution in [-0.2, 0) is 5.41 Å². The first-order chi connectivity index (χ1) is 26.0. The molecule has 1 N–H and O–H groups in total. The molecule has 0 spiro atoms. The summed E-state index contributed by atoms with van der Waals surface area (Å²) in [6.45, 7) is 4.78. The van der Waals surface area contributed by atoms with E-state index in [1.807, 2.05) is 0 Å². The number of nitrogens with one attached hydrogen (secondary N) is 1. The van der Waals surface area contributed by atoms with Gasteiger partial charge in [-0.2, -0.15) is 4.58 Å². The van der Waals surface area contributed by atoms with Crippen LogP contribution in [0.4, 0.5) is 5.69 Å². The summed E-state index contributed by atoms with van der Waals surface area (Å²) in [5.41, 5.74) is 16.4. The van der Waals surface area contributed by atoms with Gasteiger partial charge in [0.05, 0.1) is 5.56 Å². The Hall–Kier alpha value is -6.51. The number of hydrogen-bond donors (Lipinski definition) is 1. The molecule has 2 aliphatic rings. The predicted octanol–water partition coefficient (Wildman–Crippen LogP) is 12.5. The Morgan fingerprint density at radius 2 is 1.04 bits per heavy atom. The van der Waals surface area contributed by atoms with Crippen molar-refractivity contribution < 1.29 is 4.58 Å². The zero-order valence-electron chi connectivity index (χ0n) is 29.9. The fourth-order valence-electron chi connectivity index (χ4n) is 8.62. The van der Waals surface area contributed by atoms with Crippen LogP contribution in [-0.4, -0.2) is 10.4 Å². The maximum atomic E-state index is 3.87. The van der Waals surface area contributed by atoms with Gasteiger partial charge in [-0.05, 0) is 109 Å². The Morgan fingerprint density at radius 1 is 0.453 bits per heavy atom. The normalized spacial score (nSPS) is 15.4. The number of hydrogen-bond acceptors (Lipinski definition) is 1. The molecule has 1 heterocycles. The zero-order valence-corrected chi connectivity index (χ0v) is 29.9. The molecule has 0 radical (unpaired) electrons. The molecule has 0 fully saturated rings. The lowest BCUT2D eigenvalue weighted by atomic mass is 9.80. The quantitative estimate of drug-likeness (QED) is 0.173. The van der Waals surface area contributed by atoms with Crippen LogP contribution in [0.25, 0.3) is 55.3 Å². The molecule has 10 rings (SSSR count). The third kappa shape index (κ3) is 5.13. The number of benzene rings is 8. The van der Waals surface area contributed by atoms with Crippen molar-refractivity contribution in [1.82, 2.24) is 5.32 Å². The Morgan fingerprint density at radius 3 is 1.75 bits per heavy atom. The van der Waals surface area contributed by atoms with E-state index in [0.29, 0.717) is 0 Å². The van der Waals surface area contributed by atoms with E-state index < -0.39 is 0 Å². The lowest BCUT2D eigenvalue weighted by Gasteiger charge is -2.30. The average molecular weight is 680 g/mol. The average Bonchev–Trinajstić information content (AvgIpc) is 3.43. The zero-order chi connectivity index (χ0) is 35.5. The van der Waals surface area contributed by atoms with E-state index in [2.05, 4.69) is 212 Å². The SMILES string of the molecule is CC1(C)c2cc(-c3ccccc3)ccc2-c2c1cc1ccccc1c2-c1cccc(C2NC(c3ccccc3)=[N+]2c2ccc(-c3ccccc3)cc2)c1. The summed E-state index contributed by atoms with van der Waals surface area (Å²) < 4.78 is 2.44. The highest BCUT2D eigenvalue weighted by atomic mass is 15.3. The first-order valence-electron chi connectivity index (χ1n) is 18.6. The lowest BCUT2D eigenvalue weighted by molar-refractivity contribution is -0.531. The number of amidine groups is 1. The Balaban J connectivity index is 1.12. The van der Waals surface area contributed by atoms with E-state index in [0.717, 1.165) is 11.5 Å². The van der Waals surface area contributed by atoms with Crippen LogP contribution in [0.5, 0.6) is 0 Å². The maximum Gasteiger partial charge on any atom is 0.289 e. The standard InChI is InChI=1S/C51H38N2/c1-51(2)45-32-38(35-17-8-4-9-18-35)27-30-44(45)48-46(51)33-39-21-12-13-24-43(39)47(48)40-22-14-23-41(31-40)50-52-49(37-19-10-5-11-20-37)53(50)42-28-25-36(26-29-42)34-15-6-3-7-16-34/h3-33,50H,1-2H3/p+1. The van der Waals surface area contributed by atoms with E-state index >= 15 is 0 Å². The molecule has 0 saturated heterocycles. The number of nitrogens with zero attached hydrogens (tertiary/aromatic N) is 1. The molecule has 0 aromatic heterocycles. The molecule has 0 saturated carbocycles. The van der Waals surface area contributed by atoms with Gasteiger partial charge in [-0.1, -0.05) is 159 Å². The maximum absolute atomic E-state index is 3.87. The van der Waals surface area contributed by atoms with Crippen molar-refractivity contribution in [2.75, 3.05) is 0 Å². The summed E-state index contributed by atoms with van der Waals surface area (Å²) >= 11 is 0. The van der Waals surface area contributed by atoms with Crippen LogP contribution < -0.4 is 5.32 Å². The summed E-state index contributed by atoms with van der Waals surface area (Å²) in [5.74, 6) is 1.12. The lowest BCUT2D eigenvalue weighted by Crippen LogP contribution is -2.51. The highest BCUT2D eigenvalue weighted by molar-refractivity contribution is 6.08. The highest BCUT2D eigenvalue weighted by Crippen LogP contribution is 2.55. The van der Waals surface area contributed by atoms with Crippen molar-refractivity contribution in [1.29, 1.82) is 0 Å². The van der Waals surface area contributed by atoms with Crippen LogP contribution >= 0.6 is 0 Å². The molecule has 8 aromatic carbocycles. The molecular formula is C51H39N2+. The minimum Gasteiger partial charge on any atom is -0.229 e. The summed E-state index contributed by atoms with van der Waals surface area (Å²) in [7, 11) is 0. The molecule has 2 nitrogen and oxygen atoms in total. The molecule has 1 unspecified atom stereocenters. The third-order valence-corrected chi connectivity index (χ3v) is 11.4. The van der Waals surface area contributed by atoms with Crippen LogP contribution in [0.15, 0.2) is 188 Å². The first kappa shape index (κ1) is 31.2. The van der Waals surface area contributed by atoms with Gasteiger partial charge in [0.2, 0.25) is 0 Å². The monoisotopic (exact) mass is 679 g/mol. The Bertz CT molecular complexity index is 2690. The van der Waals surface area contributed by atoms with Gasteiger partial charge in [0.1, 0.15) is 5.69 Å². The van der Waals surface area contributed by atoms with Crippen LogP contribution in [0.2, 0.25) is 0 Å². The van der Waals surface area contributed by atoms with E-state index in [1.165, 1.54) is 77.5 Å². The summed E-state index contributed by atoms with van der Waals surface area (Å²) in [5, 5.41) is 6.43. The summed E-state index contributed by atoms with van der Waals surface area (Å²) in [6.07, 6.45) is -0.0204. The van der Waals surface area contributed by atoms with Gasteiger partial charge in [0.25, 0.3) is 12.0 Å². The number of fused-ring (bicyclic) bond motifs is 4. The Labute approximate surface area is 311 Å². The second kappa shape index (κ2) is 12.3. The van der Waals surface area contributed by atoms with Crippen molar-refractivity contribution in [2.24, 2.45) is 0 Å². The molecule has 1 aliphatic carbocycles. The van der Waals surface area contributed by atoms with Crippen LogP contribution in [0.1, 0.15) is 42.3 Å². The van der Waals surface area contributed by atoms with Gasteiger partial charge in [-0.15, -0.1) is 0 Å². The van der Waals surface area contributed by atoms with Gasteiger partial charge < -0.3 is 0 Å². The van der Waals surface area contributed by atoms with Gasteiger partial charge in [-0.25, -0.2) is 5.32 Å². The van der Waals surface area contributed by atoms with E-state index in [9.17, 15) is 0 Å². The molecule has 0 amide bonds. The van der Waals surface area contributed by atoms with Gasteiger partial charge in [-0.3, -0.25) is 0 Å². The molecule has 1 aliphatic heterocycles. The Kier molecular flexibility index (Phi) is 7.26. The second-order valence-corrected chi connectivity index (χ2v) is 14.8. The minimum absolute atomic E-state index is 0.0204. The van der Waals surface area contributed by atoms with Crippen molar-refractivity contribution in [2.45, 2.75) is 25.4 Å². The first-order valence-corrected chi connectivity index (χ1v) is 18.6. The van der Waals surface area contributed by atoms with E-state index in [1.54, 1.807) is 0 Å². The smallest absolute Gasteiger partial charge is 0.229 e. The summed E-state index contributed by atoms with van der Waals surface area (Å²) in [4.78, 5) is 0. The van der Waals surface area contributed by atoms with Crippen molar-refractivity contribution in [3.8, 4) is 44.5 Å². The minimum atomic E-state index is -0.149. The molecular weight excluding hydrogens is 641 g/mol. The van der Waals surface area contributed by atoms with E-state index in [-0.39, 0.29) is 11.6 Å². The van der Waals surface area contributed by atoms with Gasteiger partial charge in [0, 0.05) is 11.0 Å². The molecule has 0 bridgehead atoms. The molecule has 53 heavy (non-hydrogen) atoms. The van der Waals surface area contributed by atoms with Crippen molar-refractivity contribution in [3.05, 3.63) is 210 Å². The second-order valence-electron chi connectivity index (χ2n) is 14.8. The summed E-state index contributed by atoms with van der Waals surface area (Å²) in [6, 6.07) is 68.6. The molecule has 8 aromatic rings. The highest BCUT2D eigenvalue weighted by Gasteiger charge is 2.42.